The largest absolute Gasteiger partial charge is 0.480 e. The predicted octanol–water partition coefficient (Wildman–Crippen LogP) is 1.29. The van der Waals surface area contributed by atoms with Crippen LogP contribution in [0.2, 0.25) is 0 Å². The molecule has 2 rings (SSSR count). The quantitative estimate of drug-likeness (QED) is 0.744. The van der Waals surface area contributed by atoms with E-state index in [9.17, 15) is 0 Å². The molecule has 0 aromatic carbocycles. The van der Waals surface area contributed by atoms with Gasteiger partial charge >= 0.3 is 0 Å². The van der Waals surface area contributed by atoms with Gasteiger partial charge in [0.15, 0.2) is 0 Å². The molecule has 92 valence electrons. The molecule has 0 aliphatic carbocycles. The number of hydrogen-bond donors (Lipinski definition) is 0. The van der Waals surface area contributed by atoms with Gasteiger partial charge in [-0.05, 0) is 6.07 Å². The Bertz CT molecular complexity index is 548. The van der Waals surface area contributed by atoms with E-state index in [4.69, 9.17) is 14.5 Å². The summed E-state index contributed by atoms with van der Waals surface area (Å²) in [6, 6.07) is 5.39. The van der Waals surface area contributed by atoms with Gasteiger partial charge in [-0.2, -0.15) is 10.2 Å². The summed E-state index contributed by atoms with van der Waals surface area (Å²) < 4.78 is 9.94. The van der Waals surface area contributed by atoms with Crippen molar-refractivity contribution in [2.45, 2.75) is 5.75 Å². The van der Waals surface area contributed by atoms with E-state index in [0.29, 0.717) is 34.8 Å². The molecule has 2 heterocycles. The van der Waals surface area contributed by atoms with Gasteiger partial charge in [0, 0.05) is 6.07 Å². The van der Waals surface area contributed by atoms with Gasteiger partial charge in [-0.25, -0.2) is 0 Å². The second-order valence-corrected chi connectivity index (χ2v) is 4.11. The first-order chi connectivity index (χ1) is 8.83. The molecule has 0 saturated heterocycles. The van der Waals surface area contributed by atoms with Crippen LogP contribution in [0.1, 0.15) is 5.89 Å². The molecule has 8 heteroatoms. The van der Waals surface area contributed by atoms with Crippen LogP contribution >= 0.6 is 11.8 Å². The van der Waals surface area contributed by atoms with Crippen LogP contribution in [0.25, 0.3) is 11.5 Å². The minimum atomic E-state index is 0.373. The summed E-state index contributed by atoms with van der Waals surface area (Å²) in [6.07, 6.45) is 0. The maximum absolute atomic E-state index is 8.41. The molecule has 0 aliphatic heterocycles. The topological polar surface area (TPSA) is 97.7 Å². The second-order valence-electron chi connectivity index (χ2n) is 3.12. The van der Waals surface area contributed by atoms with Crippen LogP contribution in [-0.2, 0) is 5.75 Å². The van der Waals surface area contributed by atoms with E-state index < -0.39 is 0 Å². The maximum Gasteiger partial charge on any atom is 0.237 e. The molecule has 0 N–H and O–H groups in total. The summed E-state index contributed by atoms with van der Waals surface area (Å²) >= 11 is 1.41. The van der Waals surface area contributed by atoms with Crippen molar-refractivity contribution in [3.05, 3.63) is 18.0 Å². The van der Waals surface area contributed by atoms with Crippen molar-refractivity contribution in [2.24, 2.45) is 0 Å². The zero-order valence-electron chi connectivity index (χ0n) is 9.53. The molecular formula is C10H9N5O2S. The molecule has 0 amide bonds. The smallest absolute Gasteiger partial charge is 0.237 e. The van der Waals surface area contributed by atoms with Gasteiger partial charge in [0.2, 0.25) is 17.6 Å². The third-order valence-corrected chi connectivity index (χ3v) is 2.72. The third-order valence-electron chi connectivity index (χ3n) is 1.94. The summed E-state index contributed by atoms with van der Waals surface area (Å²) in [4.78, 5) is 4.16. The fourth-order valence-electron chi connectivity index (χ4n) is 1.15. The van der Waals surface area contributed by atoms with E-state index in [1.807, 2.05) is 6.07 Å². The number of methoxy groups -OCH3 is 1. The number of nitrogens with zero attached hydrogens (tertiary/aromatic N) is 5. The Hall–Kier alpha value is -2.14. The van der Waals surface area contributed by atoms with Gasteiger partial charge in [0.25, 0.3) is 0 Å². The number of hydrogen-bond acceptors (Lipinski definition) is 8. The highest BCUT2D eigenvalue weighted by Crippen LogP contribution is 2.16. The van der Waals surface area contributed by atoms with Crippen LogP contribution in [-0.4, -0.2) is 33.2 Å². The molecule has 0 unspecified atom stereocenters. The molecule has 0 atom stereocenters. The minimum Gasteiger partial charge on any atom is -0.480 e. The number of nitriles is 1. The van der Waals surface area contributed by atoms with Gasteiger partial charge in [-0.15, -0.1) is 22.0 Å². The first kappa shape index (κ1) is 12.3. The van der Waals surface area contributed by atoms with Gasteiger partial charge in [0.05, 0.1) is 24.7 Å². The number of aromatic nitrogens is 4. The fraction of sp³-hybridized carbons (Fsp3) is 0.300. The summed E-state index contributed by atoms with van der Waals surface area (Å²) in [6.45, 7) is 0. The van der Waals surface area contributed by atoms with Gasteiger partial charge in [-0.3, -0.25) is 0 Å². The van der Waals surface area contributed by atoms with Gasteiger partial charge < -0.3 is 9.26 Å². The lowest BCUT2D eigenvalue weighted by Gasteiger charge is -1.96. The number of thioether (sulfide) groups is 1. The monoisotopic (exact) mass is 263 g/mol. The van der Waals surface area contributed by atoms with Crippen molar-refractivity contribution >= 4 is 11.8 Å². The molecule has 0 bridgehead atoms. The fourth-order valence-corrected chi connectivity index (χ4v) is 1.63. The summed E-state index contributed by atoms with van der Waals surface area (Å²) in [5, 5.41) is 19.9. The molecule has 2 aromatic rings. The van der Waals surface area contributed by atoms with E-state index in [-0.39, 0.29) is 0 Å². The van der Waals surface area contributed by atoms with Crippen molar-refractivity contribution in [3.63, 3.8) is 0 Å². The van der Waals surface area contributed by atoms with Crippen LogP contribution in [0, 0.1) is 11.3 Å². The minimum absolute atomic E-state index is 0.373. The Morgan fingerprint density at radius 3 is 3.00 bits per heavy atom. The van der Waals surface area contributed by atoms with Crippen LogP contribution in [0.4, 0.5) is 0 Å². The SMILES string of the molecule is COc1ccc(-c2noc(CSCC#N)n2)nn1. The Kier molecular flexibility index (Phi) is 4.09. The first-order valence-corrected chi connectivity index (χ1v) is 6.14. The van der Waals surface area contributed by atoms with Crippen molar-refractivity contribution in [2.75, 3.05) is 12.9 Å². The molecule has 7 nitrogen and oxygen atoms in total. The van der Waals surface area contributed by atoms with E-state index in [1.165, 1.54) is 18.9 Å². The van der Waals surface area contributed by atoms with Crippen LogP contribution in [0.15, 0.2) is 16.7 Å². The molecule has 0 fully saturated rings. The summed E-state index contributed by atoms with van der Waals surface area (Å²) in [5.41, 5.74) is 0.510. The molecule has 0 spiro atoms. The maximum atomic E-state index is 8.41. The molecule has 0 aliphatic rings. The van der Waals surface area contributed by atoms with Crippen molar-refractivity contribution in [1.82, 2.24) is 20.3 Å². The zero-order chi connectivity index (χ0) is 12.8. The number of ether oxygens (including phenoxy) is 1. The lowest BCUT2D eigenvalue weighted by Crippen LogP contribution is -1.93. The summed E-state index contributed by atoms with van der Waals surface area (Å²) in [7, 11) is 1.52. The Morgan fingerprint density at radius 2 is 2.33 bits per heavy atom. The van der Waals surface area contributed by atoms with E-state index in [0.717, 1.165) is 0 Å². The standard InChI is InChI=1S/C10H9N5O2S/c1-16-8-3-2-7(13-14-8)10-12-9(17-15-10)6-18-5-4-11/h2-3H,5-6H2,1H3. The average Bonchev–Trinajstić information content (AvgIpc) is 2.88. The highest BCUT2D eigenvalue weighted by atomic mass is 32.2. The van der Waals surface area contributed by atoms with Gasteiger partial charge in [-0.1, -0.05) is 5.16 Å². The summed E-state index contributed by atoms with van der Waals surface area (Å²) in [5.74, 6) is 2.15. The Balaban J connectivity index is 2.06. The Morgan fingerprint density at radius 1 is 1.44 bits per heavy atom. The van der Waals surface area contributed by atoms with Crippen LogP contribution in [0.3, 0.4) is 0 Å². The zero-order valence-corrected chi connectivity index (χ0v) is 10.3. The molecular weight excluding hydrogens is 254 g/mol. The average molecular weight is 263 g/mol. The Labute approximate surface area is 107 Å². The van der Waals surface area contributed by atoms with Crippen molar-refractivity contribution in [1.29, 1.82) is 5.26 Å². The van der Waals surface area contributed by atoms with E-state index in [2.05, 4.69) is 20.3 Å². The molecule has 0 saturated carbocycles. The van der Waals surface area contributed by atoms with E-state index in [1.54, 1.807) is 12.1 Å². The first-order valence-electron chi connectivity index (χ1n) is 4.99. The van der Waals surface area contributed by atoms with E-state index >= 15 is 0 Å². The predicted molar refractivity (Wildman–Crippen MR) is 63.7 cm³/mol. The highest BCUT2D eigenvalue weighted by Gasteiger charge is 2.10. The number of rotatable bonds is 5. The van der Waals surface area contributed by atoms with Crippen LogP contribution < -0.4 is 4.74 Å². The molecule has 2 aromatic heterocycles. The lowest BCUT2D eigenvalue weighted by molar-refractivity contribution is 0.389. The third kappa shape index (κ3) is 2.95. The second kappa shape index (κ2) is 5.97. The lowest BCUT2D eigenvalue weighted by atomic mass is 10.4. The highest BCUT2D eigenvalue weighted by molar-refractivity contribution is 7.98. The van der Waals surface area contributed by atoms with Crippen molar-refractivity contribution in [3.8, 4) is 23.5 Å². The van der Waals surface area contributed by atoms with Crippen LogP contribution in [0.5, 0.6) is 5.88 Å². The molecule has 0 radical (unpaired) electrons. The molecule has 18 heavy (non-hydrogen) atoms. The normalized spacial score (nSPS) is 10.0. The van der Waals surface area contributed by atoms with Gasteiger partial charge in [0.1, 0.15) is 5.69 Å². The van der Waals surface area contributed by atoms with Crippen molar-refractivity contribution < 1.29 is 9.26 Å².